The number of fused-ring (bicyclic) bond motifs is 16. The molecule has 6 heteroatoms. The van der Waals surface area contributed by atoms with Crippen LogP contribution in [0.4, 0.5) is 34.1 Å². The van der Waals surface area contributed by atoms with Crippen LogP contribution in [0.15, 0.2) is 313 Å². The summed E-state index contributed by atoms with van der Waals surface area (Å²) in [6.07, 6.45) is 0. The predicted molar refractivity (Wildman–Crippen MR) is 497 cm³/mol. The topological polar surface area (TPSA) is 34.4 Å². The Morgan fingerprint density at radius 3 is 1.19 bits per heavy atom. The Balaban J connectivity index is 0.946. The fourth-order valence-corrected chi connectivity index (χ4v) is 18.5. The molecule has 4 aromatic heterocycles. The van der Waals surface area contributed by atoms with Crippen molar-refractivity contribution in [2.24, 2.45) is 0 Å². The summed E-state index contributed by atoms with van der Waals surface area (Å²) < 4.78 is 139. The molecule has 21 rings (SSSR count). The standard InChI is InChI=1S/C111H97N5O/c1-107(2,3)73-43-40-69(41-44-73)72-56-71(68-30-20-17-21-31-68)57-79(58-72)114-99-59-70(67-28-18-16-19-29-67)42-50-85(99)103-86-51-49-78(112-93-52-45-74(108(4,5)6)60-87(93)88-61-75(109(7,8)9)46-53-94(88)112)64-100(86)116(102-66-80(65-101(114)104(102)103)113-91-36-24-22-32-81(91)82-33-23-25-37-92(82)113)98-39-27-35-84-83-34-26-38-97(105(83)117-106(84)98)115-95-54-47-76(110(10,11)12)62-89(95)90-63-77(111(13,14)15)48-55-96(90)115/h16-66,103H,1-15H3/i16D,18D,19D,22D,23D,24D,25D,28D,29D,32D,33D,36D,37D. The van der Waals surface area contributed by atoms with Crippen molar-refractivity contribution in [3.8, 4) is 50.4 Å². The van der Waals surface area contributed by atoms with Gasteiger partial charge in [0.1, 0.15) is 0 Å². The van der Waals surface area contributed by atoms with Gasteiger partial charge in [0.25, 0.3) is 0 Å². The van der Waals surface area contributed by atoms with Crippen LogP contribution >= 0.6 is 0 Å². The second-order valence-corrected chi connectivity index (χ2v) is 37.3. The molecule has 0 saturated heterocycles. The summed E-state index contributed by atoms with van der Waals surface area (Å²) in [6, 6.07) is 75.0. The van der Waals surface area contributed by atoms with E-state index in [0.29, 0.717) is 50.9 Å². The first-order chi connectivity index (χ1) is 61.6. The van der Waals surface area contributed by atoms with Crippen molar-refractivity contribution in [2.75, 3.05) is 9.80 Å². The molecular weight excluding hydrogens is 1420 g/mol. The van der Waals surface area contributed by atoms with Crippen LogP contribution < -0.4 is 9.80 Å². The van der Waals surface area contributed by atoms with E-state index < -0.39 is 84.5 Å². The van der Waals surface area contributed by atoms with Crippen LogP contribution in [0.2, 0.25) is 0 Å². The van der Waals surface area contributed by atoms with Crippen LogP contribution in [0.1, 0.15) is 172 Å². The van der Waals surface area contributed by atoms with E-state index in [-0.39, 0.29) is 60.1 Å². The van der Waals surface area contributed by atoms with E-state index in [9.17, 15) is 16.4 Å². The molecule has 0 saturated carbocycles. The lowest BCUT2D eigenvalue weighted by atomic mass is 9.75. The molecule has 0 bridgehead atoms. The van der Waals surface area contributed by atoms with E-state index in [1.807, 2.05) is 48.5 Å². The summed E-state index contributed by atoms with van der Waals surface area (Å²) in [7, 11) is 0. The van der Waals surface area contributed by atoms with Gasteiger partial charge < -0.3 is 27.9 Å². The zero-order valence-electron chi connectivity index (χ0n) is 81.7. The highest BCUT2D eigenvalue weighted by atomic mass is 16.3. The molecule has 19 aromatic rings. The van der Waals surface area contributed by atoms with Crippen LogP contribution in [0, 0.1) is 0 Å². The van der Waals surface area contributed by atoms with Gasteiger partial charge in [-0.3, -0.25) is 0 Å². The molecule has 2 aliphatic rings. The number of hydrogen-bond acceptors (Lipinski definition) is 3. The molecule has 0 N–H and O–H groups in total. The average Bonchev–Trinajstić information content (AvgIpc) is 1.14. The van der Waals surface area contributed by atoms with Gasteiger partial charge in [-0.2, -0.15) is 0 Å². The largest absolute Gasteiger partial charge is 0.452 e. The van der Waals surface area contributed by atoms with E-state index in [0.717, 1.165) is 110 Å². The van der Waals surface area contributed by atoms with Crippen LogP contribution in [-0.2, 0) is 27.1 Å². The maximum Gasteiger partial charge on any atom is 0.159 e. The van der Waals surface area contributed by atoms with Gasteiger partial charge in [-0.05, 0) is 221 Å². The van der Waals surface area contributed by atoms with Gasteiger partial charge in [-0.25, -0.2) is 0 Å². The summed E-state index contributed by atoms with van der Waals surface area (Å²) in [5, 5.41) is 5.85. The van der Waals surface area contributed by atoms with Crippen molar-refractivity contribution < 1.29 is 22.2 Å². The molecular formula is C111H97N5O. The molecule has 572 valence electrons. The molecule has 0 radical (unpaired) electrons. The summed E-state index contributed by atoms with van der Waals surface area (Å²) in [4.78, 5) is 4.42. The third kappa shape index (κ3) is 11.5. The quantitative estimate of drug-likeness (QED) is 0.152. The van der Waals surface area contributed by atoms with Crippen LogP contribution in [0.3, 0.4) is 0 Å². The predicted octanol–water partition coefficient (Wildman–Crippen LogP) is 31.1. The lowest BCUT2D eigenvalue weighted by Crippen LogP contribution is -2.30. The Bertz CT molecular complexity index is 7930. The maximum atomic E-state index is 10.2. The van der Waals surface area contributed by atoms with Crippen LogP contribution in [0.25, 0.3) is 138 Å². The normalized spacial score (nSPS) is 15.5. The van der Waals surface area contributed by atoms with Gasteiger partial charge in [0.05, 0.1) is 90.7 Å². The van der Waals surface area contributed by atoms with Crippen LogP contribution in [0.5, 0.6) is 0 Å². The molecule has 1 atom stereocenters. The lowest BCUT2D eigenvalue weighted by Gasteiger charge is -2.45. The molecule has 2 aliphatic heterocycles. The molecule has 6 heterocycles. The molecule has 1 unspecified atom stereocenters. The number of aromatic nitrogens is 3. The zero-order valence-corrected chi connectivity index (χ0v) is 68.7. The highest BCUT2D eigenvalue weighted by Gasteiger charge is 2.44. The van der Waals surface area contributed by atoms with Crippen LogP contribution in [-0.4, -0.2) is 13.7 Å². The fourth-order valence-electron chi connectivity index (χ4n) is 18.5. The second-order valence-electron chi connectivity index (χ2n) is 37.3. The summed E-state index contributed by atoms with van der Waals surface area (Å²) >= 11 is 0. The van der Waals surface area contributed by atoms with Gasteiger partial charge in [-0.1, -0.05) is 292 Å². The second kappa shape index (κ2) is 25.8. The fraction of sp³-hybridized carbons (Fsp3) is 0.189. The molecule has 117 heavy (non-hydrogen) atoms. The van der Waals surface area contributed by atoms with E-state index in [1.165, 1.54) is 22.3 Å². The van der Waals surface area contributed by atoms with Crippen molar-refractivity contribution in [3.05, 3.63) is 354 Å². The minimum Gasteiger partial charge on any atom is -0.452 e. The van der Waals surface area contributed by atoms with Gasteiger partial charge >= 0.3 is 0 Å². The van der Waals surface area contributed by atoms with E-state index in [2.05, 4.69) is 305 Å². The van der Waals surface area contributed by atoms with E-state index in [1.54, 1.807) is 4.57 Å². The number of anilines is 6. The molecule has 0 amide bonds. The van der Waals surface area contributed by atoms with Gasteiger partial charge in [0, 0.05) is 65.9 Å². The number of para-hydroxylation sites is 4. The molecule has 0 fully saturated rings. The van der Waals surface area contributed by atoms with Crippen molar-refractivity contribution in [1.29, 1.82) is 0 Å². The van der Waals surface area contributed by atoms with Gasteiger partial charge in [0.2, 0.25) is 0 Å². The molecule has 15 aromatic carbocycles. The maximum absolute atomic E-state index is 10.2. The lowest BCUT2D eigenvalue weighted by molar-refractivity contribution is 0.590. The molecule has 0 aliphatic carbocycles. The summed E-state index contributed by atoms with van der Waals surface area (Å²) in [5.74, 6) is -0.745. The Morgan fingerprint density at radius 1 is 0.248 bits per heavy atom. The Hall–Kier alpha value is -12.9. The third-order valence-corrected chi connectivity index (χ3v) is 24.7. The van der Waals surface area contributed by atoms with Crippen molar-refractivity contribution in [3.63, 3.8) is 0 Å². The minimum absolute atomic E-state index is 0.0138. The van der Waals surface area contributed by atoms with Crippen molar-refractivity contribution >= 4 is 121 Å². The number of hydrogen-bond donors (Lipinski definition) is 0. The highest BCUT2D eigenvalue weighted by molar-refractivity contribution is 6.17. The number of nitrogens with zero attached hydrogens (tertiary/aromatic N) is 5. The first kappa shape index (κ1) is 58.9. The average molecular weight is 1530 g/mol. The zero-order chi connectivity index (χ0) is 91.6. The number of furan rings is 1. The smallest absolute Gasteiger partial charge is 0.159 e. The summed E-state index contributed by atoms with van der Waals surface area (Å²) in [5.41, 5.74) is 21.6. The third-order valence-electron chi connectivity index (χ3n) is 24.7. The first-order valence-electron chi connectivity index (χ1n) is 47.2. The first-order valence-corrected chi connectivity index (χ1v) is 40.7. The van der Waals surface area contributed by atoms with Crippen molar-refractivity contribution in [1.82, 2.24) is 13.7 Å². The number of rotatable bonds is 8. The Labute approximate surface area is 704 Å². The molecule has 0 spiro atoms. The Kier molecular flexibility index (Phi) is 13.0. The highest BCUT2D eigenvalue weighted by Crippen LogP contribution is 2.63. The SMILES string of the molecule is [2H]c1c([2H])c([2H])c(-c2ccc3c(c2)N(c2cc(-c4ccccc4)cc(-c4ccc(C(C)(C)C)cc4)c2)c2cc(-n4c5c([2H])c([2H])c([2H])c([2H])c5c5c([2H])c([2H])c([2H])c([2H])c54)cc4c2C3c2ccc(-n3c5ccc(C(C)(C)C)cc5c5cc(C(C)(C)C)ccc53)cc2N4c2cccc3c2oc2c(-n4c5ccc(C(C)(C)C)cc5c5cc(C(C)(C)C)ccc54)cccc23)c([2H])c1[2H]. The number of benzene rings is 15. The Morgan fingerprint density at radius 2 is 0.667 bits per heavy atom. The summed E-state index contributed by atoms with van der Waals surface area (Å²) in [6.45, 7) is 33.5. The van der Waals surface area contributed by atoms with Crippen molar-refractivity contribution in [2.45, 2.75) is 137 Å². The monoisotopic (exact) mass is 1530 g/mol. The van der Waals surface area contributed by atoms with Gasteiger partial charge in [-0.15, -0.1) is 0 Å². The minimum atomic E-state index is -0.745. The van der Waals surface area contributed by atoms with E-state index in [4.69, 9.17) is 5.79 Å². The van der Waals surface area contributed by atoms with E-state index >= 15 is 0 Å². The molecule has 6 nitrogen and oxygen atoms in total. The van der Waals surface area contributed by atoms with Gasteiger partial charge in [0.15, 0.2) is 11.2 Å².